The quantitative estimate of drug-likeness (QED) is 0.766. The monoisotopic (exact) mass is 196 g/mol. The second-order valence-electron chi connectivity index (χ2n) is 2.68. The van der Waals surface area contributed by atoms with E-state index in [1.54, 1.807) is 17.0 Å². The van der Waals surface area contributed by atoms with Crippen LogP contribution in [0.3, 0.4) is 0 Å². The Morgan fingerprint density at radius 3 is 3.08 bits per heavy atom. The van der Waals surface area contributed by atoms with Gasteiger partial charge in [-0.25, -0.2) is 4.79 Å². The lowest BCUT2D eigenvalue weighted by Gasteiger charge is -2.06. The largest absolute Gasteiger partial charge is 0.326 e. The van der Waals surface area contributed by atoms with Crippen molar-refractivity contribution in [1.82, 2.24) is 19.1 Å². The molecule has 0 amide bonds. The normalized spacial score (nSPS) is 13.0. The highest BCUT2D eigenvalue weighted by Gasteiger charge is 2.11. The van der Waals surface area contributed by atoms with Crippen LogP contribution in [-0.2, 0) is 0 Å². The van der Waals surface area contributed by atoms with Crippen LogP contribution in [0.4, 0.5) is 0 Å². The molecule has 0 aromatic carbocycles. The number of nitrogens with one attached hydrogen (secondary N) is 1. The molecule has 0 fully saturated rings. The first-order chi connectivity index (χ1) is 6.29. The Morgan fingerprint density at radius 1 is 1.69 bits per heavy atom. The molecule has 13 heavy (non-hydrogen) atoms. The smallest absolute Gasteiger partial charge is 0.313 e. The number of H-pyrrole nitrogens is 1. The lowest BCUT2D eigenvalue weighted by Crippen LogP contribution is -2.20. The van der Waals surface area contributed by atoms with E-state index in [1.807, 2.05) is 12.3 Å². The Hall–Kier alpha value is -1.43. The number of aromatic nitrogens is 4. The molecule has 0 bridgehead atoms. The molecule has 0 aliphatic carbocycles. The number of hydrogen-bond donors (Lipinski definition) is 1. The number of aromatic amines is 1. The summed E-state index contributed by atoms with van der Waals surface area (Å²) < 4.78 is 5.33. The van der Waals surface area contributed by atoms with Crippen LogP contribution >= 0.6 is 11.5 Å². The van der Waals surface area contributed by atoms with Crippen LogP contribution in [0.2, 0.25) is 0 Å². The first-order valence-electron chi connectivity index (χ1n) is 3.81. The molecule has 1 atom stereocenters. The van der Waals surface area contributed by atoms with Gasteiger partial charge in [-0.3, -0.25) is 4.57 Å². The predicted molar refractivity (Wildman–Crippen MR) is 48.8 cm³/mol. The highest BCUT2D eigenvalue weighted by Crippen LogP contribution is 2.13. The van der Waals surface area contributed by atoms with Gasteiger partial charge in [0.25, 0.3) is 0 Å². The summed E-state index contributed by atoms with van der Waals surface area (Å²) in [6.45, 7) is 1.91. The van der Waals surface area contributed by atoms with E-state index in [-0.39, 0.29) is 11.7 Å². The van der Waals surface area contributed by atoms with Crippen LogP contribution in [-0.4, -0.2) is 19.1 Å². The maximum absolute atomic E-state index is 11.2. The van der Waals surface area contributed by atoms with E-state index in [1.165, 1.54) is 11.5 Å². The van der Waals surface area contributed by atoms with Gasteiger partial charge in [0, 0.05) is 17.8 Å². The molecule has 0 spiro atoms. The highest BCUT2D eigenvalue weighted by molar-refractivity contribution is 7.03. The number of nitrogens with zero attached hydrogens (tertiary/aromatic N) is 3. The fourth-order valence-corrected chi connectivity index (χ4v) is 1.67. The second kappa shape index (κ2) is 3.14. The average Bonchev–Trinajstić information content (AvgIpc) is 2.72. The van der Waals surface area contributed by atoms with Crippen molar-refractivity contribution in [2.24, 2.45) is 0 Å². The molecule has 0 saturated heterocycles. The number of rotatable bonds is 2. The van der Waals surface area contributed by atoms with Crippen LogP contribution in [0.25, 0.3) is 0 Å². The van der Waals surface area contributed by atoms with Gasteiger partial charge in [0.2, 0.25) is 0 Å². The Labute approximate surface area is 78.2 Å². The summed E-state index contributed by atoms with van der Waals surface area (Å²) in [7, 11) is 0. The van der Waals surface area contributed by atoms with Gasteiger partial charge in [-0.15, -0.1) is 5.10 Å². The topological polar surface area (TPSA) is 63.6 Å². The molecule has 0 aliphatic rings. The minimum atomic E-state index is -0.125. The summed E-state index contributed by atoms with van der Waals surface area (Å²) in [5.74, 6) is 0. The Morgan fingerprint density at radius 2 is 2.54 bits per heavy atom. The van der Waals surface area contributed by atoms with Crippen LogP contribution < -0.4 is 5.69 Å². The molecule has 2 rings (SSSR count). The fourth-order valence-electron chi connectivity index (χ4n) is 1.13. The van der Waals surface area contributed by atoms with Crippen LogP contribution in [0, 0.1) is 0 Å². The van der Waals surface area contributed by atoms with Gasteiger partial charge in [0.15, 0.2) is 0 Å². The summed E-state index contributed by atoms with van der Waals surface area (Å²) in [4.78, 5) is 13.8. The third-order valence-corrected chi connectivity index (χ3v) is 2.42. The van der Waals surface area contributed by atoms with Crippen molar-refractivity contribution in [2.75, 3.05) is 0 Å². The van der Waals surface area contributed by atoms with E-state index in [2.05, 4.69) is 14.6 Å². The summed E-state index contributed by atoms with van der Waals surface area (Å²) in [5.41, 5.74) is 0.687. The zero-order chi connectivity index (χ0) is 9.26. The summed E-state index contributed by atoms with van der Waals surface area (Å²) in [6, 6.07) is -0.0579. The molecule has 68 valence electrons. The lowest BCUT2D eigenvalue weighted by atomic mass is 10.3. The molecule has 2 heterocycles. The third kappa shape index (κ3) is 1.40. The SMILES string of the molecule is CC(c1csnn1)n1cc[nH]c1=O. The Balaban J connectivity index is 2.39. The van der Waals surface area contributed by atoms with E-state index in [9.17, 15) is 4.79 Å². The number of hydrogen-bond acceptors (Lipinski definition) is 4. The van der Waals surface area contributed by atoms with Crippen molar-refractivity contribution in [3.8, 4) is 0 Å². The number of imidazole rings is 1. The van der Waals surface area contributed by atoms with E-state index >= 15 is 0 Å². The van der Waals surface area contributed by atoms with Gasteiger partial charge in [0.05, 0.1) is 11.7 Å². The van der Waals surface area contributed by atoms with Crippen LogP contribution in [0.5, 0.6) is 0 Å². The van der Waals surface area contributed by atoms with Gasteiger partial charge >= 0.3 is 5.69 Å². The van der Waals surface area contributed by atoms with Crippen molar-refractivity contribution in [3.63, 3.8) is 0 Å². The molecular formula is C7H8N4OS. The Kier molecular flexibility index (Phi) is 1.97. The molecule has 1 N–H and O–H groups in total. The molecule has 0 radical (unpaired) electrons. The van der Waals surface area contributed by atoms with Gasteiger partial charge in [0.1, 0.15) is 0 Å². The summed E-state index contributed by atoms with van der Waals surface area (Å²) >= 11 is 1.28. The van der Waals surface area contributed by atoms with E-state index < -0.39 is 0 Å². The van der Waals surface area contributed by atoms with E-state index in [0.717, 1.165) is 5.69 Å². The molecule has 0 saturated carbocycles. The van der Waals surface area contributed by atoms with Gasteiger partial charge in [-0.2, -0.15) is 0 Å². The van der Waals surface area contributed by atoms with Crippen molar-refractivity contribution >= 4 is 11.5 Å². The molecule has 0 aliphatic heterocycles. The average molecular weight is 196 g/mol. The molecular weight excluding hydrogens is 188 g/mol. The fraction of sp³-hybridized carbons (Fsp3) is 0.286. The summed E-state index contributed by atoms with van der Waals surface area (Å²) in [5, 5.41) is 5.75. The van der Waals surface area contributed by atoms with Crippen molar-refractivity contribution in [3.05, 3.63) is 34.0 Å². The standard InChI is InChI=1S/C7H8N4OS/c1-5(6-4-13-10-9-6)11-3-2-8-7(11)12/h2-5H,1H3,(H,8,12). The van der Waals surface area contributed by atoms with Crippen LogP contribution in [0.1, 0.15) is 18.7 Å². The van der Waals surface area contributed by atoms with Gasteiger partial charge < -0.3 is 4.98 Å². The van der Waals surface area contributed by atoms with Crippen LogP contribution in [0.15, 0.2) is 22.6 Å². The predicted octanol–water partition coefficient (Wildman–Crippen LogP) is 0.637. The molecule has 1 unspecified atom stereocenters. The molecule has 6 heteroatoms. The van der Waals surface area contributed by atoms with Gasteiger partial charge in [-0.05, 0) is 18.5 Å². The minimum Gasteiger partial charge on any atom is -0.313 e. The molecule has 5 nitrogen and oxygen atoms in total. The van der Waals surface area contributed by atoms with E-state index in [4.69, 9.17) is 0 Å². The lowest BCUT2D eigenvalue weighted by molar-refractivity contribution is 0.598. The van der Waals surface area contributed by atoms with E-state index in [0.29, 0.717) is 0 Å². The highest BCUT2D eigenvalue weighted by atomic mass is 32.1. The minimum absolute atomic E-state index is 0.0579. The molecule has 2 aromatic rings. The van der Waals surface area contributed by atoms with Gasteiger partial charge in [-0.1, -0.05) is 4.49 Å². The third-order valence-electron chi connectivity index (χ3n) is 1.90. The molecule has 2 aromatic heterocycles. The van der Waals surface area contributed by atoms with Crippen molar-refractivity contribution < 1.29 is 0 Å². The second-order valence-corrected chi connectivity index (χ2v) is 3.29. The zero-order valence-corrected chi connectivity index (χ0v) is 7.78. The van der Waals surface area contributed by atoms with Crippen molar-refractivity contribution in [1.29, 1.82) is 0 Å². The maximum Gasteiger partial charge on any atom is 0.326 e. The first-order valence-corrected chi connectivity index (χ1v) is 4.65. The Bertz CT molecular complexity index is 429. The maximum atomic E-state index is 11.2. The summed E-state index contributed by atoms with van der Waals surface area (Å²) in [6.07, 6.45) is 3.31. The first kappa shape index (κ1) is 8.18. The van der Waals surface area contributed by atoms with Crippen molar-refractivity contribution in [2.45, 2.75) is 13.0 Å². The zero-order valence-electron chi connectivity index (χ0n) is 6.97.